The average Bonchev–Trinajstić information content (AvgIpc) is 3.12. The van der Waals surface area contributed by atoms with Gasteiger partial charge in [-0.3, -0.25) is 9.59 Å². The summed E-state index contributed by atoms with van der Waals surface area (Å²) in [5.74, 6) is 0.416. The van der Waals surface area contributed by atoms with Gasteiger partial charge in [0.2, 0.25) is 0 Å². The second-order valence-corrected chi connectivity index (χ2v) is 6.13. The SMILES string of the molecule is Cc1nccn1-c1ccccc1CNC(=O)c1cc(=O)c2ccccc2o1. The molecule has 2 heterocycles. The molecular formula is C21H17N3O3. The molecule has 0 fully saturated rings. The van der Waals surface area contributed by atoms with Crippen molar-refractivity contribution in [2.75, 3.05) is 0 Å². The van der Waals surface area contributed by atoms with Gasteiger partial charge in [-0.15, -0.1) is 0 Å². The van der Waals surface area contributed by atoms with Crippen LogP contribution in [0.3, 0.4) is 0 Å². The number of benzene rings is 2. The van der Waals surface area contributed by atoms with Gasteiger partial charge < -0.3 is 14.3 Å². The van der Waals surface area contributed by atoms with Gasteiger partial charge in [-0.1, -0.05) is 30.3 Å². The Balaban J connectivity index is 1.59. The van der Waals surface area contributed by atoms with Crippen molar-refractivity contribution in [3.8, 4) is 5.69 Å². The second kappa shape index (κ2) is 6.92. The molecule has 1 N–H and O–H groups in total. The van der Waals surface area contributed by atoms with Crippen LogP contribution in [0.4, 0.5) is 0 Å². The van der Waals surface area contributed by atoms with Crippen LogP contribution in [0.1, 0.15) is 21.9 Å². The normalized spacial score (nSPS) is 10.9. The molecule has 2 aromatic heterocycles. The van der Waals surface area contributed by atoms with E-state index in [1.807, 2.05) is 42.0 Å². The number of rotatable bonds is 4. The van der Waals surface area contributed by atoms with Crippen molar-refractivity contribution in [3.05, 3.63) is 94.4 Å². The zero-order valence-corrected chi connectivity index (χ0v) is 14.7. The van der Waals surface area contributed by atoms with Crippen LogP contribution in [0.15, 0.2) is 76.2 Å². The van der Waals surface area contributed by atoms with Crippen LogP contribution in [-0.2, 0) is 6.54 Å². The molecule has 4 rings (SSSR count). The van der Waals surface area contributed by atoms with Gasteiger partial charge in [-0.2, -0.15) is 0 Å². The molecule has 6 nitrogen and oxygen atoms in total. The van der Waals surface area contributed by atoms with Crippen molar-refractivity contribution in [1.82, 2.24) is 14.9 Å². The summed E-state index contributed by atoms with van der Waals surface area (Å²) in [4.78, 5) is 28.9. The molecule has 0 atom stereocenters. The summed E-state index contributed by atoms with van der Waals surface area (Å²) >= 11 is 0. The third-order valence-corrected chi connectivity index (χ3v) is 4.37. The third kappa shape index (κ3) is 3.25. The number of hydrogen-bond acceptors (Lipinski definition) is 4. The fourth-order valence-electron chi connectivity index (χ4n) is 3.01. The number of aryl methyl sites for hydroxylation is 1. The second-order valence-electron chi connectivity index (χ2n) is 6.13. The van der Waals surface area contributed by atoms with Gasteiger partial charge in [-0.05, 0) is 30.7 Å². The van der Waals surface area contributed by atoms with Gasteiger partial charge in [0.25, 0.3) is 5.91 Å². The fourth-order valence-corrected chi connectivity index (χ4v) is 3.01. The number of carbonyl (C=O) groups is 1. The van der Waals surface area contributed by atoms with Crippen molar-refractivity contribution >= 4 is 16.9 Å². The van der Waals surface area contributed by atoms with E-state index in [-0.39, 0.29) is 11.2 Å². The summed E-state index contributed by atoms with van der Waals surface area (Å²) in [6, 6.07) is 15.8. The van der Waals surface area contributed by atoms with Crippen LogP contribution in [0.2, 0.25) is 0 Å². The molecule has 0 radical (unpaired) electrons. The monoisotopic (exact) mass is 359 g/mol. The number of hydrogen-bond donors (Lipinski definition) is 1. The predicted molar refractivity (Wildman–Crippen MR) is 102 cm³/mol. The van der Waals surface area contributed by atoms with Crippen molar-refractivity contribution in [2.45, 2.75) is 13.5 Å². The molecule has 0 aliphatic rings. The Labute approximate surface area is 155 Å². The van der Waals surface area contributed by atoms with E-state index in [4.69, 9.17) is 4.42 Å². The highest BCUT2D eigenvalue weighted by Crippen LogP contribution is 2.16. The molecular weight excluding hydrogens is 342 g/mol. The van der Waals surface area contributed by atoms with Crippen LogP contribution < -0.4 is 10.7 Å². The van der Waals surface area contributed by atoms with Crippen LogP contribution in [0.25, 0.3) is 16.7 Å². The minimum Gasteiger partial charge on any atom is -0.451 e. The number of para-hydroxylation sites is 2. The minimum absolute atomic E-state index is 0.00464. The molecule has 0 bridgehead atoms. The lowest BCUT2D eigenvalue weighted by Crippen LogP contribution is -2.24. The van der Waals surface area contributed by atoms with Gasteiger partial charge in [0.15, 0.2) is 11.2 Å². The number of nitrogens with zero attached hydrogens (tertiary/aromatic N) is 2. The third-order valence-electron chi connectivity index (χ3n) is 4.37. The first kappa shape index (κ1) is 16.8. The average molecular weight is 359 g/mol. The topological polar surface area (TPSA) is 77.1 Å². The van der Waals surface area contributed by atoms with Crippen molar-refractivity contribution in [3.63, 3.8) is 0 Å². The molecule has 0 aliphatic carbocycles. The summed E-state index contributed by atoms with van der Waals surface area (Å²) in [7, 11) is 0. The Morgan fingerprint density at radius 1 is 1.15 bits per heavy atom. The molecule has 0 unspecified atom stereocenters. The summed E-state index contributed by atoms with van der Waals surface area (Å²) in [5, 5.41) is 3.28. The number of amides is 1. The van der Waals surface area contributed by atoms with E-state index in [2.05, 4.69) is 10.3 Å². The largest absolute Gasteiger partial charge is 0.451 e. The predicted octanol–water partition coefficient (Wildman–Crippen LogP) is 3.22. The number of nitrogens with one attached hydrogen (secondary N) is 1. The number of fused-ring (bicyclic) bond motifs is 1. The van der Waals surface area contributed by atoms with Gasteiger partial charge in [0, 0.05) is 25.0 Å². The Kier molecular flexibility index (Phi) is 4.30. The number of aromatic nitrogens is 2. The van der Waals surface area contributed by atoms with Crippen molar-refractivity contribution in [1.29, 1.82) is 0 Å². The first-order chi connectivity index (χ1) is 13.1. The summed E-state index contributed by atoms with van der Waals surface area (Å²) < 4.78 is 7.54. The highest BCUT2D eigenvalue weighted by atomic mass is 16.3. The molecule has 0 aliphatic heterocycles. The van der Waals surface area contributed by atoms with Crippen LogP contribution in [0, 0.1) is 6.92 Å². The highest BCUT2D eigenvalue weighted by Gasteiger charge is 2.13. The molecule has 1 amide bonds. The Morgan fingerprint density at radius 2 is 1.93 bits per heavy atom. The molecule has 4 aromatic rings. The van der Waals surface area contributed by atoms with Gasteiger partial charge in [0.1, 0.15) is 11.4 Å². The van der Waals surface area contributed by atoms with E-state index in [1.165, 1.54) is 6.07 Å². The lowest BCUT2D eigenvalue weighted by molar-refractivity contribution is 0.0923. The first-order valence-electron chi connectivity index (χ1n) is 8.53. The molecule has 0 saturated heterocycles. The fraction of sp³-hybridized carbons (Fsp3) is 0.0952. The van der Waals surface area contributed by atoms with E-state index < -0.39 is 5.91 Å². The van der Waals surface area contributed by atoms with Gasteiger partial charge in [0.05, 0.1) is 11.1 Å². The van der Waals surface area contributed by atoms with E-state index in [1.54, 1.807) is 30.5 Å². The summed E-state index contributed by atoms with van der Waals surface area (Å²) in [5.41, 5.74) is 2.02. The van der Waals surface area contributed by atoms with E-state index in [0.29, 0.717) is 17.5 Å². The molecule has 0 spiro atoms. The smallest absolute Gasteiger partial charge is 0.287 e. The molecule has 27 heavy (non-hydrogen) atoms. The Bertz CT molecular complexity index is 1190. The minimum atomic E-state index is -0.435. The number of carbonyl (C=O) groups excluding carboxylic acids is 1. The van der Waals surface area contributed by atoms with Crippen LogP contribution in [-0.4, -0.2) is 15.5 Å². The van der Waals surface area contributed by atoms with Gasteiger partial charge >= 0.3 is 0 Å². The maximum Gasteiger partial charge on any atom is 0.287 e. The summed E-state index contributed by atoms with van der Waals surface area (Å²) in [6.45, 7) is 2.21. The van der Waals surface area contributed by atoms with E-state index in [9.17, 15) is 9.59 Å². The quantitative estimate of drug-likeness (QED) is 0.607. The molecule has 0 saturated carbocycles. The Morgan fingerprint density at radius 3 is 2.74 bits per heavy atom. The lowest BCUT2D eigenvalue weighted by atomic mass is 10.1. The lowest BCUT2D eigenvalue weighted by Gasteiger charge is -2.12. The van der Waals surface area contributed by atoms with Crippen LogP contribution in [0.5, 0.6) is 0 Å². The zero-order valence-electron chi connectivity index (χ0n) is 14.7. The molecule has 6 heteroatoms. The maximum absolute atomic E-state index is 12.5. The molecule has 134 valence electrons. The van der Waals surface area contributed by atoms with Crippen molar-refractivity contribution < 1.29 is 9.21 Å². The zero-order chi connectivity index (χ0) is 18.8. The number of imidazole rings is 1. The first-order valence-corrected chi connectivity index (χ1v) is 8.53. The van der Waals surface area contributed by atoms with E-state index in [0.717, 1.165) is 17.1 Å². The standard InChI is InChI=1S/C21H17N3O3/c1-14-22-10-11-24(14)17-8-4-2-6-15(17)13-23-21(26)20-12-18(25)16-7-3-5-9-19(16)27-20/h2-12H,13H2,1H3,(H,23,26). The van der Waals surface area contributed by atoms with Gasteiger partial charge in [-0.25, -0.2) is 4.98 Å². The van der Waals surface area contributed by atoms with Crippen LogP contribution >= 0.6 is 0 Å². The summed E-state index contributed by atoms with van der Waals surface area (Å²) in [6.07, 6.45) is 3.60. The molecule has 2 aromatic carbocycles. The van der Waals surface area contributed by atoms with E-state index >= 15 is 0 Å². The Hall–Kier alpha value is -3.67. The van der Waals surface area contributed by atoms with Crippen molar-refractivity contribution in [2.24, 2.45) is 0 Å². The highest BCUT2D eigenvalue weighted by molar-refractivity contribution is 5.93. The maximum atomic E-state index is 12.5.